The Morgan fingerprint density at radius 1 is 1.53 bits per heavy atom. The summed E-state index contributed by atoms with van der Waals surface area (Å²) in [6.45, 7) is 6.28. The lowest BCUT2D eigenvalue weighted by Gasteiger charge is -2.15. The fourth-order valence-corrected chi connectivity index (χ4v) is 1.86. The molecule has 0 fully saturated rings. The highest BCUT2D eigenvalue weighted by atomic mass is 79.9. The van der Waals surface area contributed by atoms with Crippen LogP contribution in [0.15, 0.2) is 16.6 Å². The number of ketones is 1. The van der Waals surface area contributed by atoms with Gasteiger partial charge in [-0.15, -0.1) is 0 Å². The molecule has 0 aromatic heterocycles. The smallest absolute Gasteiger partial charge is 0.163 e. The molecular formula is C13H18BrNO2. The van der Waals surface area contributed by atoms with E-state index in [0.29, 0.717) is 29.5 Å². The third kappa shape index (κ3) is 3.73. The van der Waals surface area contributed by atoms with Crippen molar-refractivity contribution in [2.24, 2.45) is 5.92 Å². The van der Waals surface area contributed by atoms with Gasteiger partial charge in [0.2, 0.25) is 0 Å². The van der Waals surface area contributed by atoms with Crippen LogP contribution in [0.1, 0.15) is 37.6 Å². The van der Waals surface area contributed by atoms with Crippen molar-refractivity contribution in [1.82, 2.24) is 0 Å². The Hall–Kier alpha value is -1.03. The van der Waals surface area contributed by atoms with Crippen LogP contribution in [0.2, 0.25) is 0 Å². The van der Waals surface area contributed by atoms with Crippen LogP contribution < -0.4 is 10.5 Å². The molecule has 0 aliphatic carbocycles. The molecular weight excluding hydrogens is 282 g/mol. The number of halogens is 1. The van der Waals surface area contributed by atoms with Crippen molar-refractivity contribution in [3.63, 3.8) is 0 Å². The lowest BCUT2D eigenvalue weighted by Crippen LogP contribution is -2.11. The first-order chi connectivity index (χ1) is 7.95. The SMILES string of the molecule is CCC(C)COc1c(N)cc(Br)cc1C(C)=O. The van der Waals surface area contributed by atoms with E-state index in [1.54, 1.807) is 12.1 Å². The first kappa shape index (κ1) is 14.0. The summed E-state index contributed by atoms with van der Waals surface area (Å²) < 4.78 is 6.46. The average molecular weight is 300 g/mol. The number of ether oxygens (including phenoxy) is 1. The van der Waals surface area contributed by atoms with Gasteiger partial charge in [-0.3, -0.25) is 4.79 Å². The maximum atomic E-state index is 11.5. The second kappa shape index (κ2) is 6.05. The molecule has 1 rings (SSSR count). The van der Waals surface area contributed by atoms with Gasteiger partial charge >= 0.3 is 0 Å². The molecule has 0 spiro atoms. The summed E-state index contributed by atoms with van der Waals surface area (Å²) in [7, 11) is 0. The van der Waals surface area contributed by atoms with Crippen molar-refractivity contribution in [2.75, 3.05) is 12.3 Å². The summed E-state index contributed by atoms with van der Waals surface area (Å²) in [5.74, 6) is 0.899. The van der Waals surface area contributed by atoms with Gasteiger partial charge in [0.25, 0.3) is 0 Å². The van der Waals surface area contributed by atoms with E-state index in [-0.39, 0.29) is 5.78 Å². The van der Waals surface area contributed by atoms with Crippen LogP contribution in [0.25, 0.3) is 0 Å². The molecule has 1 aromatic rings. The van der Waals surface area contributed by atoms with Crippen molar-refractivity contribution in [3.8, 4) is 5.75 Å². The Balaban J connectivity index is 3.00. The minimum absolute atomic E-state index is 0.0443. The Morgan fingerprint density at radius 2 is 2.18 bits per heavy atom. The number of nitrogen functional groups attached to an aromatic ring is 1. The fourth-order valence-electron chi connectivity index (χ4n) is 1.38. The third-order valence-corrected chi connectivity index (χ3v) is 3.13. The maximum absolute atomic E-state index is 11.5. The van der Waals surface area contributed by atoms with Crippen molar-refractivity contribution >= 4 is 27.4 Å². The topological polar surface area (TPSA) is 52.3 Å². The predicted octanol–water partition coefficient (Wildman–Crippen LogP) is 3.66. The van der Waals surface area contributed by atoms with Crippen molar-refractivity contribution in [2.45, 2.75) is 27.2 Å². The number of anilines is 1. The molecule has 17 heavy (non-hydrogen) atoms. The number of rotatable bonds is 5. The molecule has 4 heteroatoms. The second-order valence-corrected chi connectivity index (χ2v) is 5.17. The molecule has 0 aliphatic heterocycles. The summed E-state index contributed by atoms with van der Waals surface area (Å²) in [4.78, 5) is 11.5. The van der Waals surface area contributed by atoms with E-state index < -0.39 is 0 Å². The van der Waals surface area contributed by atoms with Crippen molar-refractivity contribution in [1.29, 1.82) is 0 Å². The third-order valence-electron chi connectivity index (χ3n) is 2.67. The summed E-state index contributed by atoms with van der Waals surface area (Å²) in [5.41, 5.74) is 6.90. The van der Waals surface area contributed by atoms with Gasteiger partial charge in [0.15, 0.2) is 11.5 Å². The molecule has 0 heterocycles. The van der Waals surface area contributed by atoms with Gasteiger partial charge in [0.05, 0.1) is 17.9 Å². The van der Waals surface area contributed by atoms with E-state index in [1.807, 2.05) is 0 Å². The summed E-state index contributed by atoms with van der Waals surface area (Å²) in [6.07, 6.45) is 1.03. The largest absolute Gasteiger partial charge is 0.490 e. The van der Waals surface area contributed by atoms with Crippen LogP contribution in [0.5, 0.6) is 5.75 Å². The van der Waals surface area contributed by atoms with Gasteiger partial charge in [-0.1, -0.05) is 36.2 Å². The quantitative estimate of drug-likeness (QED) is 0.667. The van der Waals surface area contributed by atoms with Gasteiger partial charge in [-0.25, -0.2) is 0 Å². The second-order valence-electron chi connectivity index (χ2n) is 4.25. The van der Waals surface area contributed by atoms with E-state index >= 15 is 0 Å². The van der Waals surface area contributed by atoms with E-state index in [2.05, 4.69) is 29.8 Å². The molecule has 0 amide bonds. The number of Topliss-reactive ketones (excluding diaryl/α,β-unsaturated/α-hetero) is 1. The standard InChI is InChI=1S/C13H18BrNO2/c1-4-8(2)7-17-13-11(9(3)16)5-10(14)6-12(13)15/h5-6,8H,4,7,15H2,1-3H3. The molecule has 0 radical (unpaired) electrons. The molecule has 0 saturated carbocycles. The fraction of sp³-hybridized carbons (Fsp3) is 0.462. The van der Waals surface area contributed by atoms with Crippen LogP contribution in [0, 0.1) is 5.92 Å². The lowest BCUT2D eigenvalue weighted by atomic mass is 10.1. The number of carbonyl (C=O) groups excluding carboxylic acids is 1. The Labute approximate surface area is 110 Å². The molecule has 1 aromatic carbocycles. The highest BCUT2D eigenvalue weighted by molar-refractivity contribution is 9.10. The monoisotopic (exact) mass is 299 g/mol. The van der Waals surface area contributed by atoms with Gasteiger partial charge in [-0.05, 0) is 25.0 Å². The minimum Gasteiger partial charge on any atom is -0.490 e. The highest BCUT2D eigenvalue weighted by Crippen LogP contribution is 2.31. The zero-order chi connectivity index (χ0) is 13.0. The highest BCUT2D eigenvalue weighted by Gasteiger charge is 2.14. The molecule has 3 nitrogen and oxygen atoms in total. The van der Waals surface area contributed by atoms with Gasteiger partial charge in [0.1, 0.15) is 0 Å². The zero-order valence-electron chi connectivity index (χ0n) is 10.4. The lowest BCUT2D eigenvalue weighted by molar-refractivity contribution is 0.101. The molecule has 1 unspecified atom stereocenters. The van der Waals surface area contributed by atoms with E-state index in [4.69, 9.17) is 10.5 Å². The number of carbonyl (C=O) groups is 1. The van der Waals surface area contributed by atoms with Crippen molar-refractivity contribution in [3.05, 3.63) is 22.2 Å². The zero-order valence-corrected chi connectivity index (χ0v) is 12.0. The van der Waals surface area contributed by atoms with Crippen LogP contribution in [0.3, 0.4) is 0 Å². The number of nitrogens with two attached hydrogens (primary N) is 1. The van der Waals surface area contributed by atoms with E-state index in [0.717, 1.165) is 10.9 Å². The summed E-state index contributed by atoms with van der Waals surface area (Å²) >= 11 is 3.32. The molecule has 0 saturated heterocycles. The Morgan fingerprint density at radius 3 is 2.71 bits per heavy atom. The first-order valence-electron chi connectivity index (χ1n) is 5.68. The molecule has 0 aliphatic rings. The van der Waals surface area contributed by atoms with E-state index in [9.17, 15) is 4.79 Å². The molecule has 1 atom stereocenters. The number of hydrogen-bond acceptors (Lipinski definition) is 3. The molecule has 0 bridgehead atoms. The average Bonchev–Trinajstić information content (AvgIpc) is 2.26. The maximum Gasteiger partial charge on any atom is 0.163 e. The van der Waals surface area contributed by atoms with Crippen molar-refractivity contribution < 1.29 is 9.53 Å². The summed E-state index contributed by atoms with van der Waals surface area (Å²) in [5, 5.41) is 0. The molecule has 2 N–H and O–H groups in total. The number of hydrogen-bond donors (Lipinski definition) is 1. The van der Waals surface area contributed by atoms with Crippen LogP contribution in [-0.2, 0) is 0 Å². The minimum atomic E-state index is -0.0443. The van der Waals surface area contributed by atoms with Gasteiger partial charge < -0.3 is 10.5 Å². The van der Waals surface area contributed by atoms with E-state index in [1.165, 1.54) is 6.92 Å². The van der Waals surface area contributed by atoms with Crippen LogP contribution in [-0.4, -0.2) is 12.4 Å². The Kier molecular flexibility index (Phi) is 5.00. The normalized spacial score (nSPS) is 12.2. The first-order valence-corrected chi connectivity index (χ1v) is 6.47. The number of benzene rings is 1. The predicted molar refractivity (Wildman–Crippen MR) is 73.5 cm³/mol. The summed E-state index contributed by atoms with van der Waals surface area (Å²) in [6, 6.07) is 3.49. The molecule has 94 valence electrons. The Bertz CT molecular complexity index is 418. The van der Waals surface area contributed by atoms with Gasteiger partial charge in [-0.2, -0.15) is 0 Å². The van der Waals surface area contributed by atoms with Crippen LogP contribution in [0.4, 0.5) is 5.69 Å². The van der Waals surface area contributed by atoms with Gasteiger partial charge in [0, 0.05) is 4.47 Å². The van der Waals surface area contributed by atoms with Crippen LogP contribution >= 0.6 is 15.9 Å².